The fourth-order valence-electron chi connectivity index (χ4n) is 2.32. The molecule has 0 bridgehead atoms. The molecule has 0 aliphatic rings. The van der Waals surface area contributed by atoms with E-state index in [4.69, 9.17) is 23.1 Å². The number of halogens is 1. The second kappa shape index (κ2) is 4.69. The van der Waals surface area contributed by atoms with Crippen LogP contribution >= 0.6 is 11.6 Å². The SMILES string of the molecule is Cc1c(Cl)cccc1-c1ccc2ncc(N)c(N)c2c1. The number of fused-ring (bicyclic) bond motifs is 1. The first-order valence-corrected chi connectivity index (χ1v) is 6.65. The van der Waals surface area contributed by atoms with Gasteiger partial charge in [-0.2, -0.15) is 0 Å². The van der Waals surface area contributed by atoms with Crippen LogP contribution in [0.1, 0.15) is 5.56 Å². The molecule has 4 N–H and O–H groups in total. The molecule has 20 heavy (non-hydrogen) atoms. The van der Waals surface area contributed by atoms with Gasteiger partial charge < -0.3 is 11.5 Å². The summed E-state index contributed by atoms with van der Waals surface area (Å²) in [6, 6.07) is 11.8. The second-order valence-electron chi connectivity index (χ2n) is 4.77. The van der Waals surface area contributed by atoms with Crippen molar-refractivity contribution in [2.24, 2.45) is 0 Å². The molecule has 0 radical (unpaired) electrons. The van der Waals surface area contributed by atoms with Gasteiger partial charge in [-0.15, -0.1) is 0 Å². The van der Waals surface area contributed by atoms with Crippen molar-refractivity contribution in [1.29, 1.82) is 0 Å². The Kier molecular flexibility index (Phi) is 2.99. The lowest BCUT2D eigenvalue weighted by molar-refractivity contribution is 1.41. The minimum atomic E-state index is 0.498. The molecular weight excluding hydrogens is 270 g/mol. The topological polar surface area (TPSA) is 64.9 Å². The molecule has 0 fully saturated rings. The van der Waals surface area contributed by atoms with Gasteiger partial charge >= 0.3 is 0 Å². The highest BCUT2D eigenvalue weighted by molar-refractivity contribution is 6.31. The molecule has 1 aromatic heterocycles. The summed E-state index contributed by atoms with van der Waals surface area (Å²) in [6.45, 7) is 2.00. The molecule has 0 saturated carbocycles. The molecular formula is C16H14ClN3. The average Bonchev–Trinajstić information content (AvgIpc) is 2.46. The smallest absolute Gasteiger partial charge is 0.0740 e. The van der Waals surface area contributed by atoms with Crippen LogP contribution in [0.2, 0.25) is 5.02 Å². The van der Waals surface area contributed by atoms with Gasteiger partial charge in [0, 0.05) is 10.4 Å². The van der Waals surface area contributed by atoms with E-state index in [2.05, 4.69) is 4.98 Å². The first-order valence-electron chi connectivity index (χ1n) is 6.27. The lowest BCUT2D eigenvalue weighted by Crippen LogP contribution is -1.97. The van der Waals surface area contributed by atoms with E-state index >= 15 is 0 Å². The molecule has 0 atom stereocenters. The maximum atomic E-state index is 6.18. The van der Waals surface area contributed by atoms with Gasteiger partial charge in [0.2, 0.25) is 0 Å². The van der Waals surface area contributed by atoms with Gasteiger partial charge in [0.25, 0.3) is 0 Å². The summed E-state index contributed by atoms with van der Waals surface area (Å²) in [7, 11) is 0. The third kappa shape index (κ3) is 1.96. The number of hydrogen-bond donors (Lipinski definition) is 2. The summed E-state index contributed by atoms with van der Waals surface area (Å²) in [5.41, 5.74) is 16.9. The molecule has 100 valence electrons. The van der Waals surface area contributed by atoms with Gasteiger partial charge in [-0.25, -0.2) is 0 Å². The molecule has 4 heteroatoms. The molecule has 2 aromatic carbocycles. The highest BCUT2D eigenvalue weighted by atomic mass is 35.5. The van der Waals surface area contributed by atoms with E-state index < -0.39 is 0 Å². The van der Waals surface area contributed by atoms with E-state index in [1.807, 2.05) is 43.3 Å². The minimum Gasteiger partial charge on any atom is -0.396 e. The van der Waals surface area contributed by atoms with Crippen LogP contribution in [0.4, 0.5) is 11.4 Å². The van der Waals surface area contributed by atoms with E-state index in [0.717, 1.165) is 32.6 Å². The van der Waals surface area contributed by atoms with Crippen LogP contribution in [0.15, 0.2) is 42.6 Å². The average molecular weight is 284 g/mol. The first kappa shape index (κ1) is 12.8. The van der Waals surface area contributed by atoms with Crippen molar-refractivity contribution in [1.82, 2.24) is 4.98 Å². The largest absolute Gasteiger partial charge is 0.396 e. The molecule has 3 aromatic rings. The number of aromatic nitrogens is 1. The Morgan fingerprint density at radius 2 is 1.90 bits per heavy atom. The van der Waals surface area contributed by atoms with E-state index in [1.54, 1.807) is 6.20 Å². The van der Waals surface area contributed by atoms with Gasteiger partial charge in [0.1, 0.15) is 0 Å². The van der Waals surface area contributed by atoms with Crippen molar-refractivity contribution in [2.45, 2.75) is 6.92 Å². The summed E-state index contributed by atoms with van der Waals surface area (Å²) < 4.78 is 0. The Labute approximate surface area is 122 Å². The lowest BCUT2D eigenvalue weighted by Gasteiger charge is -2.10. The van der Waals surface area contributed by atoms with E-state index in [-0.39, 0.29) is 0 Å². The van der Waals surface area contributed by atoms with Crippen LogP contribution in [0.25, 0.3) is 22.0 Å². The summed E-state index contributed by atoms with van der Waals surface area (Å²) >= 11 is 6.18. The fourth-order valence-corrected chi connectivity index (χ4v) is 2.49. The van der Waals surface area contributed by atoms with Crippen molar-refractivity contribution < 1.29 is 0 Å². The Morgan fingerprint density at radius 3 is 2.70 bits per heavy atom. The Morgan fingerprint density at radius 1 is 1.10 bits per heavy atom. The highest BCUT2D eigenvalue weighted by Gasteiger charge is 2.08. The maximum Gasteiger partial charge on any atom is 0.0740 e. The summed E-state index contributed by atoms with van der Waals surface area (Å²) in [6.07, 6.45) is 1.59. The van der Waals surface area contributed by atoms with Gasteiger partial charge in [-0.1, -0.05) is 29.8 Å². The van der Waals surface area contributed by atoms with E-state index in [1.165, 1.54) is 0 Å². The number of nitrogens with two attached hydrogens (primary N) is 2. The van der Waals surface area contributed by atoms with E-state index in [9.17, 15) is 0 Å². The molecule has 1 heterocycles. The summed E-state index contributed by atoms with van der Waals surface area (Å²) in [5.74, 6) is 0. The lowest BCUT2D eigenvalue weighted by atomic mass is 9.98. The van der Waals surface area contributed by atoms with Crippen LogP contribution < -0.4 is 11.5 Å². The summed E-state index contributed by atoms with van der Waals surface area (Å²) in [4.78, 5) is 4.29. The number of pyridine rings is 1. The molecule has 3 rings (SSSR count). The third-order valence-electron chi connectivity index (χ3n) is 3.52. The monoisotopic (exact) mass is 283 g/mol. The van der Waals surface area contributed by atoms with Crippen molar-refractivity contribution in [2.75, 3.05) is 11.5 Å². The van der Waals surface area contributed by atoms with Gasteiger partial charge in [0.15, 0.2) is 0 Å². The molecule has 0 unspecified atom stereocenters. The predicted molar refractivity (Wildman–Crippen MR) is 85.8 cm³/mol. The number of nitrogens with zero attached hydrogens (tertiary/aromatic N) is 1. The molecule has 0 amide bonds. The quantitative estimate of drug-likeness (QED) is 0.709. The van der Waals surface area contributed by atoms with Crippen LogP contribution in [0, 0.1) is 6.92 Å². The normalized spacial score (nSPS) is 10.9. The fraction of sp³-hybridized carbons (Fsp3) is 0.0625. The molecule has 0 spiro atoms. The third-order valence-corrected chi connectivity index (χ3v) is 3.93. The number of rotatable bonds is 1. The first-order chi connectivity index (χ1) is 9.58. The standard InChI is InChI=1S/C16H14ClN3/c1-9-11(3-2-4-13(9)17)10-5-6-15-12(7-10)16(19)14(18)8-20-15/h2-8H,18H2,1H3,(H2,19,20). The zero-order valence-electron chi connectivity index (χ0n) is 11.0. The molecule has 0 aliphatic carbocycles. The summed E-state index contributed by atoms with van der Waals surface area (Å²) in [5, 5.41) is 1.61. The predicted octanol–water partition coefficient (Wildman–Crippen LogP) is 4.03. The van der Waals surface area contributed by atoms with Crippen molar-refractivity contribution in [3.63, 3.8) is 0 Å². The van der Waals surface area contributed by atoms with Gasteiger partial charge in [-0.05, 0) is 41.8 Å². The molecule has 0 aliphatic heterocycles. The second-order valence-corrected chi connectivity index (χ2v) is 5.18. The van der Waals surface area contributed by atoms with E-state index in [0.29, 0.717) is 11.4 Å². The Balaban J connectivity index is 2.28. The number of nitrogen functional groups attached to an aromatic ring is 2. The zero-order chi connectivity index (χ0) is 14.3. The Hall–Kier alpha value is -2.26. The number of benzene rings is 2. The zero-order valence-corrected chi connectivity index (χ0v) is 11.8. The highest BCUT2D eigenvalue weighted by Crippen LogP contribution is 2.32. The van der Waals surface area contributed by atoms with Crippen molar-refractivity contribution in [3.8, 4) is 11.1 Å². The van der Waals surface area contributed by atoms with Crippen LogP contribution in [0.3, 0.4) is 0 Å². The minimum absolute atomic E-state index is 0.498. The number of anilines is 2. The molecule has 0 saturated heterocycles. The maximum absolute atomic E-state index is 6.18. The van der Waals surface area contributed by atoms with Crippen LogP contribution in [0.5, 0.6) is 0 Å². The van der Waals surface area contributed by atoms with Crippen LogP contribution in [-0.4, -0.2) is 4.98 Å². The van der Waals surface area contributed by atoms with Gasteiger partial charge in [0.05, 0.1) is 23.1 Å². The van der Waals surface area contributed by atoms with Crippen molar-refractivity contribution in [3.05, 3.63) is 53.2 Å². The van der Waals surface area contributed by atoms with Crippen LogP contribution in [-0.2, 0) is 0 Å². The Bertz CT molecular complexity index is 812. The number of hydrogen-bond acceptors (Lipinski definition) is 3. The van der Waals surface area contributed by atoms with Crippen molar-refractivity contribution >= 4 is 33.9 Å². The molecule has 3 nitrogen and oxygen atoms in total. The van der Waals surface area contributed by atoms with Gasteiger partial charge in [-0.3, -0.25) is 4.98 Å².